The second-order valence-electron chi connectivity index (χ2n) is 9.72. The molecule has 1 fully saturated rings. The van der Waals surface area contributed by atoms with E-state index < -0.39 is 0 Å². The van der Waals surface area contributed by atoms with Gasteiger partial charge in [-0.2, -0.15) is 0 Å². The second-order valence-corrected chi connectivity index (χ2v) is 9.72. The average Bonchev–Trinajstić information content (AvgIpc) is 3.38. The smallest absolute Gasteiger partial charge is 0.317 e. The highest BCUT2D eigenvalue weighted by atomic mass is 16.2. The number of aromatic amines is 1. The van der Waals surface area contributed by atoms with E-state index in [1.807, 2.05) is 30.0 Å². The van der Waals surface area contributed by atoms with E-state index in [1.54, 1.807) is 6.33 Å². The molecule has 7 heteroatoms. The number of aromatic nitrogens is 3. The molecule has 1 atom stereocenters. The Labute approximate surface area is 216 Å². The fourth-order valence-electron chi connectivity index (χ4n) is 5.17. The Morgan fingerprint density at radius 3 is 2.49 bits per heavy atom. The minimum atomic E-state index is -0.0850. The Kier molecular flexibility index (Phi) is 5.96. The van der Waals surface area contributed by atoms with Crippen LogP contribution in [0.15, 0.2) is 79.1 Å². The maximum Gasteiger partial charge on any atom is 0.317 e. The number of H-pyrrole nitrogens is 1. The van der Waals surface area contributed by atoms with Crippen LogP contribution in [0, 0.1) is 6.92 Å². The predicted molar refractivity (Wildman–Crippen MR) is 149 cm³/mol. The number of fused-ring (bicyclic) bond motifs is 2. The molecular formula is C30H30N6O. The van der Waals surface area contributed by atoms with Gasteiger partial charge in [0.1, 0.15) is 17.8 Å². The van der Waals surface area contributed by atoms with Crippen LogP contribution in [0.2, 0.25) is 0 Å². The molecule has 6 rings (SSSR count). The fraction of sp³-hybridized carbons (Fsp3) is 0.233. The number of carbonyl (C=O) groups excluding carboxylic acids is 1. The van der Waals surface area contributed by atoms with Crippen molar-refractivity contribution < 1.29 is 4.79 Å². The highest BCUT2D eigenvalue weighted by Gasteiger charge is 2.25. The average molecular weight is 491 g/mol. The normalized spacial score (nSPS) is 14.8. The molecule has 3 heterocycles. The molecule has 1 saturated heterocycles. The molecule has 7 nitrogen and oxygen atoms in total. The number of benzene rings is 3. The van der Waals surface area contributed by atoms with Crippen molar-refractivity contribution in [3.05, 3.63) is 90.3 Å². The van der Waals surface area contributed by atoms with Gasteiger partial charge in [0, 0.05) is 31.9 Å². The van der Waals surface area contributed by atoms with Gasteiger partial charge in [-0.1, -0.05) is 72.3 Å². The van der Waals surface area contributed by atoms with Crippen LogP contribution in [0.3, 0.4) is 0 Å². The Morgan fingerprint density at radius 1 is 0.919 bits per heavy atom. The van der Waals surface area contributed by atoms with Crippen molar-refractivity contribution in [3.8, 4) is 11.3 Å². The first-order chi connectivity index (χ1) is 18.1. The van der Waals surface area contributed by atoms with Gasteiger partial charge < -0.3 is 20.1 Å². The summed E-state index contributed by atoms with van der Waals surface area (Å²) in [5.74, 6) is 0.906. The second kappa shape index (κ2) is 9.58. The molecule has 2 amide bonds. The lowest BCUT2D eigenvalue weighted by Crippen LogP contribution is -2.52. The number of nitrogens with one attached hydrogen (secondary N) is 2. The van der Waals surface area contributed by atoms with Crippen molar-refractivity contribution in [1.29, 1.82) is 0 Å². The topological polar surface area (TPSA) is 77.2 Å². The van der Waals surface area contributed by atoms with Gasteiger partial charge in [-0.15, -0.1) is 0 Å². The summed E-state index contributed by atoms with van der Waals surface area (Å²) in [6.07, 6.45) is 1.61. The summed E-state index contributed by atoms with van der Waals surface area (Å²) in [6, 6.07) is 25.0. The van der Waals surface area contributed by atoms with E-state index in [4.69, 9.17) is 0 Å². The number of anilines is 1. The molecule has 0 bridgehead atoms. The summed E-state index contributed by atoms with van der Waals surface area (Å²) >= 11 is 0. The van der Waals surface area contributed by atoms with E-state index in [0.29, 0.717) is 26.2 Å². The van der Waals surface area contributed by atoms with E-state index >= 15 is 0 Å². The highest BCUT2D eigenvalue weighted by Crippen LogP contribution is 2.30. The standard InChI is InChI=1S/C30H30N6O/c1-20-10-12-23(13-11-20)27-18-26-28(34-27)31-19-32-29(26)35-14-16-36(17-15-35)30(37)33-21(2)24-9-5-7-22-6-3-4-8-25(22)24/h3-13,18-19,21H,14-17H2,1-2H3,(H,33,37)(H,31,32,34)/t21-/m0/s1. The predicted octanol–water partition coefficient (Wildman–Crippen LogP) is 5.68. The van der Waals surface area contributed by atoms with Crippen LogP contribution in [-0.2, 0) is 0 Å². The van der Waals surface area contributed by atoms with Crippen molar-refractivity contribution in [2.75, 3.05) is 31.1 Å². The minimum Gasteiger partial charge on any atom is -0.352 e. The fourth-order valence-corrected chi connectivity index (χ4v) is 5.17. The Morgan fingerprint density at radius 2 is 1.68 bits per heavy atom. The summed E-state index contributed by atoms with van der Waals surface area (Å²) in [5.41, 5.74) is 5.33. The van der Waals surface area contributed by atoms with Crippen LogP contribution < -0.4 is 10.2 Å². The first-order valence-electron chi connectivity index (χ1n) is 12.8. The number of rotatable bonds is 4. The van der Waals surface area contributed by atoms with Crippen molar-refractivity contribution >= 4 is 33.7 Å². The molecule has 0 spiro atoms. The van der Waals surface area contributed by atoms with Crippen LogP contribution >= 0.6 is 0 Å². The number of nitrogens with zero attached hydrogens (tertiary/aromatic N) is 4. The minimum absolute atomic E-state index is 0.0313. The first-order valence-corrected chi connectivity index (χ1v) is 12.8. The summed E-state index contributed by atoms with van der Waals surface area (Å²) < 4.78 is 0. The number of hydrogen-bond acceptors (Lipinski definition) is 4. The largest absolute Gasteiger partial charge is 0.352 e. The maximum absolute atomic E-state index is 13.1. The van der Waals surface area contributed by atoms with Gasteiger partial charge in [0.05, 0.1) is 11.4 Å². The number of aryl methyl sites for hydroxylation is 1. The Bertz CT molecular complexity index is 1560. The molecule has 2 aromatic heterocycles. The third kappa shape index (κ3) is 4.48. The Hall–Kier alpha value is -4.39. The van der Waals surface area contributed by atoms with Crippen LogP contribution in [0.4, 0.5) is 10.6 Å². The van der Waals surface area contributed by atoms with E-state index in [0.717, 1.165) is 33.7 Å². The van der Waals surface area contributed by atoms with E-state index in [1.165, 1.54) is 16.3 Å². The van der Waals surface area contributed by atoms with E-state index in [9.17, 15) is 4.79 Å². The number of hydrogen-bond donors (Lipinski definition) is 2. The van der Waals surface area contributed by atoms with Crippen LogP contribution in [0.1, 0.15) is 24.1 Å². The molecule has 37 heavy (non-hydrogen) atoms. The van der Waals surface area contributed by atoms with Crippen molar-refractivity contribution in [2.45, 2.75) is 19.9 Å². The molecule has 0 radical (unpaired) electrons. The van der Waals surface area contributed by atoms with Gasteiger partial charge in [-0.3, -0.25) is 0 Å². The Balaban J connectivity index is 1.14. The van der Waals surface area contributed by atoms with Gasteiger partial charge in [-0.25, -0.2) is 14.8 Å². The first kappa shape index (κ1) is 23.0. The lowest BCUT2D eigenvalue weighted by Gasteiger charge is -2.36. The van der Waals surface area contributed by atoms with Gasteiger partial charge in [0.15, 0.2) is 0 Å². The van der Waals surface area contributed by atoms with Crippen LogP contribution in [-0.4, -0.2) is 52.1 Å². The number of piperazine rings is 1. The molecule has 5 aromatic rings. The summed E-state index contributed by atoms with van der Waals surface area (Å²) in [4.78, 5) is 29.8. The third-order valence-corrected chi connectivity index (χ3v) is 7.26. The molecule has 2 N–H and O–H groups in total. The number of urea groups is 1. The van der Waals surface area contributed by atoms with Gasteiger partial charge in [0.25, 0.3) is 0 Å². The molecule has 0 saturated carbocycles. The molecule has 186 valence electrons. The van der Waals surface area contributed by atoms with Crippen molar-refractivity contribution in [3.63, 3.8) is 0 Å². The van der Waals surface area contributed by atoms with Crippen LogP contribution in [0.5, 0.6) is 0 Å². The lowest BCUT2D eigenvalue weighted by atomic mass is 10.00. The lowest BCUT2D eigenvalue weighted by molar-refractivity contribution is 0.191. The number of amides is 2. The summed E-state index contributed by atoms with van der Waals surface area (Å²) in [7, 11) is 0. The van der Waals surface area contributed by atoms with Crippen molar-refractivity contribution in [1.82, 2.24) is 25.2 Å². The maximum atomic E-state index is 13.1. The molecule has 0 aliphatic carbocycles. The van der Waals surface area contributed by atoms with Gasteiger partial charge >= 0.3 is 6.03 Å². The summed E-state index contributed by atoms with van der Waals surface area (Å²) in [5, 5.41) is 6.56. The quantitative estimate of drug-likeness (QED) is 0.340. The molecule has 3 aromatic carbocycles. The molecule has 1 aliphatic rings. The van der Waals surface area contributed by atoms with E-state index in [2.05, 4.69) is 86.7 Å². The van der Waals surface area contributed by atoms with Crippen LogP contribution in [0.25, 0.3) is 33.1 Å². The van der Waals surface area contributed by atoms with Crippen molar-refractivity contribution in [2.24, 2.45) is 0 Å². The summed E-state index contributed by atoms with van der Waals surface area (Å²) in [6.45, 7) is 6.83. The SMILES string of the molecule is Cc1ccc(-c2cc3c(N4CCN(C(=O)N[C@@H](C)c5cccc6ccccc56)CC4)ncnc3[nH]2)cc1. The monoisotopic (exact) mass is 490 g/mol. The highest BCUT2D eigenvalue weighted by molar-refractivity contribution is 5.92. The number of carbonyl (C=O) groups is 1. The molecule has 1 aliphatic heterocycles. The van der Waals surface area contributed by atoms with Gasteiger partial charge in [-0.05, 0) is 41.8 Å². The van der Waals surface area contributed by atoms with Gasteiger partial charge in [0.2, 0.25) is 0 Å². The zero-order chi connectivity index (χ0) is 25.4. The third-order valence-electron chi connectivity index (χ3n) is 7.26. The zero-order valence-electron chi connectivity index (χ0n) is 21.1. The molecule has 0 unspecified atom stereocenters. The van der Waals surface area contributed by atoms with E-state index in [-0.39, 0.29) is 12.1 Å². The molecular weight excluding hydrogens is 460 g/mol. The zero-order valence-corrected chi connectivity index (χ0v) is 21.1.